The lowest BCUT2D eigenvalue weighted by molar-refractivity contribution is 0.200. The molecule has 0 amide bonds. The lowest BCUT2D eigenvalue weighted by Crippen LogP contribution is -2.05. The van der Waals surface area contributed by atoms with E-state index in [0.29, 0.717) is 16.9 Å². The summed E-state index contributed by atoms with van der Waals surface area (Å²) < 4.78 is 18.7. The second kappa shape index (κ2) is 4.42. The van der Waals surface area contributed by atoms with Gasteiger partial charge >= 0.3 is 0 Å². The van der Waals surface area contributed by atoms with Gasteiger partial charge in [0.25, 0.3) is 0 Å². The van der Waals surface area contributed by atoms with E-state index < -0.39 is 0 Å². The molecule has 0 atom stereocenters. The van der Waals surface area contributed by atoms with E-state index in [-0.39, 0.29) is 19.0 Å². The molecule has 1 aromatic rings. The number of hydrogen-bond donors (Lipinski definition) is 1. The Bertz CT molecular complexity index is 335. The molecule has 0 spiro atoms. The number of hydrogen-bond acceptors (Lipinski definition) is 2. The Balaban J connectivity index is 3.06. The maximum atomic E-state index is 13.5. The van der Waals surface area contributed by atoms with E-state index in [2.05, 4.69) is 0 Å². The summed E-state index contributed by atoms with van der Waals surface area (Å²) in [6.45, 7) is 5.39. The van der Waals surface area contributed by atoms with Crippen molar-refractivity contribution < 1.29 is 14.2 Å². The first-order valence-corrected chi connectivity index (χ1v) is 4.58. The number of benzene rings is 1. The third-order valence-corrected chi connectivity index (χ3v) is 2.32. The molecule has 0 heterocycles. The molecule has 14 heavy (non-hydrogen) atoms. The molecule has 0 aliphatic heterocycles. The summed E-state index contributed by atoms with van der Waals surface area (Å²) in [5.41, 5.74) is 2.02. The van der Waals surface area contributed by atoms with Crippen LogP contribution in [0.25, 0.3) is 0 Å². The zero-order valence-corrected chi connectivity index (χ0v) is 8.72. The van der Waals surface area contributed by atoms with Gasteiger partial charge in [-0.3, -0.25) is 0 Å². The van der Waals surface area contributed by atoms with Crippen LogP contribution in [-0.4, -0.2) is 18.3 Å². The highest BCUT2D eigenvalue weighted by molar-refractivity contribution is 5.42. The molecule has 0 bridgehead atoms. The summed E-state index contributed by atoms with van der Waals surface area (Å²) in [6.07, 6.45) is 0. The Morgan fingerprint density at radius 2 is 1.93 bits per heavy atom. The van der Waals surface area contributed by atoms with Crippen LogP contribution in [0.1, 0.15) is 16.7 Å². The lowest BCUT2D eigenvalue weighted by Gasteiger charge is -2.12. The van der Waals surface area contributed by atoms with Crippen LogP contribution in [0.15, 0.2) is 6.07 Å². The molecule has 0 unspecified atom stereocenters. The SMILES string of the molecule is Cc1cc(OCCO)c(C)c(F)c1C. The fraction of sp³-hybridized carbons (Fsp3) is 0.455. The molecule has 0 aliphatic carbocycles. The maximum absolute atomic E-state index is 13.5. The van der Waals surface area contributed by atoms with Crippen molar-refractivity contribution in [3.05, 3.63) is 28.6 Å². The van der Waals surface area contributed by atoms with Crippen LogP contribution in [0.2, 0.25) is 0 Å². The third-order valence-electron chi connectivity index (χ3n) is 2.32. The van der Waals surface area contributed by atoms with Crippen molar-refractivity contribution in [3.63, 3.8) is 0 Å². The number of rotatable bonds is 3. The van der Waals surface area contributed by atoms with E-state index in [4.69, 9.17) is 9.84 Å². The number of aliphatic hydroxyl groups is 1. The van der Waals surface area contributed by atoms with Crippen molar-refractivity contribution in [2.24, 2.45) is 0 Å². The minimum Gasteiger partial charge on any atom is -0.491 e. The standard InChI is InChI=1S/C11H15FO2/c1-7-6-10(14-5-4-13)9(3)11(12)8(7)2/h6,13H,4-5H2,1-3H3. The van der Waals surface area contributed by atoms with E-state index in [1.807, 2.05) is 6.92 Å². The van der Waals surface area contributed by atoms with Crippen LogP contribution >= 0.6 is 0 Å². The van der Waals surface area contributed by atoms with Crippen LogP contribution in [0, 0.1) is 26.6 Å². The Hall–Kier alpha value is -1.09. The second-order valence-corrected chi connectivity index (χ2v) is 3.33. The van der Waals surface area contributed by atoms with Gasteiger partial charge in [0.2, 0.25) is 0 Å². The summed E-state index contributed by atoms with van der Waals surface area (Å²) in [6, 6.07) is 1.80. The summed E-state index contributed by atoms with van der Waals surface area (Å²) in [5, 5.41) is 8.59. The predicted octanol–water partition coefficient (Wildman–Crippen LogP) is 2.12. The number of ether oxygens (including phenoxy) is 1. The van der Waals surface area contributed by atoms with Gasteiger partial charge in [0.05, 0.1) is 6.61 Å². The van der Waals surface area contributed by atoms with Gasteiger partial charge < -0.3 is 9.84 Å². The summed E-state index contributed by atoms with van der Waals surface area (Å²) in [7, 11) is 0. The zero-order valence-electron chi connectivity index (χ0n) is 8.72. The lowest BCUT2D eigenvalue weighted by atomic mass is 10.1. The smallest absolute Gasteiger partial charge is 0.132 e. The molecule has 0 saturated carbocycles. The Kier molecular flexibility index (Phi) is 3.47. The fourth-order valence-corrected chi connectivity index (χ4v) is 1.28. The molecule has 0 aromatic heterocycles. The maximum Gasteiger partial charge on any atom is 0.132 e. The Labute approximate surface area is 83.3 Å². The average Bonchev–Trinajstić information content (AvgIpc) is 2.18. The molecule has 0 fully saturated rings. The quantitative estimate of drug-likeness (QED) is 0.806. The van der Waals surface area contributed by atoms with Gasteiger partial charge in [0, 0.05) is 5.56 Å². The topological polar surface area (TPSA) is 29.5 Å². The molecule has 1 N–H and O–H groups in total. The molecule has 3 heteroatoms. The number of halogens is 1. The summed E-state index contributed by atoms with van der Waals surface area (Å²) in [5.74, 6) is 0.289. The number of aryl methyl sites for hydroxylation is 1. The van der Waals surface area contributed by atoms with Gasteiger partial charge in [-0.25, -0.2) is 4.39 Å². The first-order chi connectivity index (χ1) is 6.57. The van der Waals surface area contributed by atoms with E-state index in [0.717, 1.165) is 5.56 Å². The molecule has 78 valence electrons. The molecule has 0 saturated heterocycles. The Morgan fingerprint density at radius 3 is 2.50 bits per heavy atom. The van der Waals surface area contributed by atoms with Gasteiger partial charge in [-0.15, -0.1) is 0 Å². The van der Waals surface area contributed by atoms with Crippen molar-refractivity contribution in [2.45, 2.75) is 20.8 Å². The minimum atomic E-state index is -0.224. The van der Waals surface area contributed by atoms with Gasteiger partial charge in [-0.1, -0.05) is 0 Å². The van der Waals surface area contributed by atoms with Crippen LogP contribution in [0.5, 0.6) is 5.75 Å². The largest absolute Gasteiger partial charge is 0.491 e. The van der Waals surface area contributed by atoms with Gasteiger partial charge in [0.15, 0.2) is 0 Å². The fourth-order valence-electron chi connectivity index (χ4n) is 1.28. The van der Waals surface area contributed by atoms with Gasteiger partial charge in [0.1, 0.15) is 18.2 Å². The highest BCUT2D eigenvalue weighted by Gasteiger charge is 2.10. The van der Waals surface area contributed by atoms with Crippen LogP contribution in [-0.2, 0) is 0 Å². The first-order valence-electron chi connectivity index (χ1n) is 4.58. The molecular formula is C11H15FO2. The number of aliphatic hydroxyl groups excluding tert-OH is 1. The summed E-state index contributed by atoms with van der Waals surface area (Å²) >= 11 is 0. The normalized spacial score (nSPS) is 10.4. The first kappa shape index (κ1) is 11.0. The van der Waals surface area contributed by atoms with Crippen molar-refractivity contribution in [1.29, 1.82) is 0 Å². The van der Waals surface area contributed by atoms with Crippen molar-refractivity contribution in [3.8, 4) is 5.75 Å². The summed E-state index contributed by atoms with van der Waals surface area (Å²) in [4.78, 5) is 0. The molecule has 1 aromatic carbocycles. The Morgan fingerprint density at radius 1 is 1.29 bits per heavy atom. The second-order valence-electron chi connectivity index (χ2n) is 3.33. The predicted molar refractivity (Wildman–Crippen MR) is 53.2 cm³/mol. The van der Waals surface area contributed by atoms with Crippen molar-refractivity contribution in [1.82, 2.24) is 0 Å². The highest BCUT2D eigenvalue weighted by Crippen LogP contribution is 2.26. The molecule has 0 radical (unpaired) electrons. The van der Waals surface area contributed by atoms with Crippen LogP contribution in [0.4, 0.5) is 4.39 Å². The van der Waals surface area contributed by atoms with Crippen LogP contribution in [0.3, 0.4) is 0 Å². The minimum absolute atomic E-state index is 0.0615. The monoisotopic (exact) mass is 198 g/mol. The van der Waals surface area contributed by atoms with Gasteiger partial charge in [-0.05, 0) is 38.0 Å². The van der Waals surface area contributed by atoms with Crippen LogP contribution < -0.4 is 4.74 Å². The van der Waals surface area contributed by atoms with Gasteiger partial charge in [-0.2, -0.15) is 0 Å². The van der Waals surface area contributed by atoms with E-state index >= 15 is 0 Å². The molecule has 1 rings (SSSR count). The average molecular weight is 198 g/mol. The molecular weight excluding hydrogens is 183 g/mol. The highest BCUT2D eigenvalue weighted by atomic mass is 19.1. The third kappa shape index (κ3) is 2.04. The van der Waals surface area contributed by atoms with Crippen molar-refractivity contribution >= 4 is 0 Å². The van der Waals surface area contributed by atoms with E-state index in [1.165, 1.54) is 0 Å². The van der Waals surface area contributed by atoms with E-state index in [1.54, 1.807) is 19.9 Å². The zero-order chi connectivity index (χ0) is 10.7. The molecule has 0 aliphatic rings. The van der Waals surface area contributed by atoms with E-state index in [9.17, 15) is 4.39 Å². The van der Waals surface area contributed by atoms with Crippen molar-refractivity contribution in [2.75, 3.05) is 13.2 Å². The molecule has 2 nitrogen and oxygen atoms in total.